The van der Waals surface area contributed by atoms with Crippen molar-refractivity contribution in [1.29, 1.82) is 0 Å². The number of aromatic nitrogens is 2. The maximum absolute atomic E-state index is 13.3. The third-order valence-electron chi connectivity index (χ3n) is 6.74. The topological polar surface area (TPSA) is 64.2 Å². The van der Waals surface area contributed by atoms with Crippen LogP contribution < -0.4 is 5.73 Å². The number of para-hydroxylation sites is 2. The van der Waals surface area contributed by atoms with Crippen molar-refractivity contribution < 1.29 is 4.79 Å². The van der Waals surface area contributed by atoms with Crippen molar-refractivity contribution in [2.75, 3.05) is 13.1 Å². The number of halogens is 2. The summed E-state index contributed by atoms with van der Waals surface area (Å²) in [7, 11) is 0. The van der Waals surface area contributed by atoms with Crippen LogP contribution in [0.5, 0.6) is 0 Å². The van der Waals surface area contributed by atoms with Gasteiger partial charge in [0.25, 0.3) is 0 Å². The first-order valence-electron chi connectivity index (χ1n) is 10.6. The number of aryl methyl sites for hydroxylation is 1. The summed E-state index contributed by atoms with van der Waals surface area (Å²) in [6.45, 7) is 4.51. The zero-order valence-corrected chi connectivity index (χ0v) is 18.9. The normalized spacial score (nSPS) is 20.9. The molecule has 2 heterocycles. The molecule has 1 aliphatic heterocycles. The van der Waals surface area contributed by atoms with E-state index < -0.39 is 0 Å². The van der Waals surface area contributed by atoms with Gasteiger partial charge in [-0.2, -0.15) is 0 Å². The molecule has 1 aromatic heterocycles. The largest absolute Gasteiger partial charge is 0.332 e. The molecular formula is C22H34Cl2N4O. The average Bonchev–Trinajstić information content (AvgIpc) is 3.32. The van der Waals surface area contributed by atoms with Gasteiger partial charge in [-0.25, -0.2) is 4.98 Å². The number of likely N-dealkylation sites (tertiary alicyclic amines) is 1. The highest BCUT2D eigenvalue weighted by molar-refractivity contribution is 5.85. The van der Waals surface area contributed by atoms with Crippen molar-refractivity contribution in [3.63, 3.8) is 0 Å². The van der Waals surface area contributed by atoms with Gasteiger partial charge in [-0.15, -0.1) is 24.8 Å². The highest BCUT2D eigenvalue weighted by Gasteiger charge is 2.39. The van der Waals surface area contributed by atoms with Crippen LogP contribution in [0.1, 0.15) is 70.2 Å². The molecule has 1 aliphatic carbocycles. The lowest BCUT2D eigenvalue weighted by molar-refractivity contribution is -0.135. The zero-order chi connectivity index (χ0) is 18.9. The minimum absolute atomic E-state index is 0. The first kappa shape index (κ1) is 24.0. The Labute approximate surface area is 186 Å². The number of carbonyl (C=O) groups is 1. The molecule has 2 aromatic rings. The number of hydrogen-bond donors (Lipinski definition) is 1. The Hall–Kier alpha value is -1.30. The van der Waals surface area contributed by atoms with Crippen molar-refractivity contribution in [3.05, 3.63) is 30.1 Å². The summed E-state index contributed by atoms with van der Waals surface area (Å²) >= 11 is 0. The van der Waals surface area contributed by atoms with E-state index >= 15 is 0 Å². The van der Waals surface area contributed by atoms with Crippen LogP contribution in [0.2, 0.25) is 0 Å². The van der Waals surface area contributed by atoms with E-state index in [1.54, 1.807) is 0 Å². The summed E-state index contributed by atoms with van der Waals surface area (Å²) in [5, 5.41) is 0. The van der Waals surface area contributed by atoms with Gasteiger partial charge in [-0.1, -0.05) is 31.4 Å². The predicted molar refractivity (Wildman–Crippen MR) is 123 cm³/mol. The van der Waals surface area contributed by atoms with Crippen LogP contribution in [-0.4, -0.2) is 33.4 Å². The van der Waals surface area contributed by atoms with Crippen LogP contribution in [-0.2, 0) is 11.3 Å². The number of fused-ring (bicyclic) bond motifs is 1. The number of benzene rings is 1. The Morgan fingerprint density at radius 1 is 1.17 bits per heavy atom. The SMILES string of the molecule is CCn1c(C2CCCN2C(=O)CC2(CN)CCCCC2)nc2ccccc21.Cl.Cl. The fourth-order valence-corrected chi connectivity index (χ4v) is 5.19. The molecule has 2 fully saturated rings. The third-order valence-corrected chi connectivity index (χ3v) is 6.74. The van der Waals surface area contributed by atoms with E-state index in [2.05, 4.69) is 34.6 Å². The number of nitrogens with zero attached hydrogens (tertiary/aromatic N) is 3. The van der Waals surface area contributed by atoms with Crippen LogP contribution in [0, 0.1) is 5.41 Å². The van der Waals surface area contributed by atoms with Gasteiger partial charge in [0.15, 0.2) is 0 Å². The molecular weight excluding hydrogens is 407 g/mol. The van der Waals surface area contributed by atoms with E-state index in [9.17, 15) is 4.79 Å². The van der Waals surface area contributed by atoms with Crippen LogP contribution in [0.3, 0.4) is 0 Å². The van der Waals surface area contributed by atoms with E-state index in [1.807, 2.05) is 6.07 Å². The Morgan fingerprint density at radius 3 is 2.59 bits per heavy atom. The monoisotopic (exact) mass is 440 g/mol. The Balaban J connectivity index is 0.00000150. The summed E-state index contributed by atoms with van der Waals surface area (Å²) in [5.41, 5.74) is 8.36. The van der Waals surface area contributed by atoms with E-state index in [4.69, 9.17) is 10.7 Å². The summed E-state index contributed by atoms with van der Waals surface area (Å²) in [4.78, 5) is 20.3. The Kier molecular flexibility index (Phi) is 8.38. The lowest BCUT2D eigenvalue weighted by atomic mass is 9.71. The van der Waals surface area contributed by atoms with Gasteiger partial charge in [0, 0.05) is 19.5 Å². The van der Waals surface area contributed by atoms with Gasteiger partial charge in [0.1, 0.15) is 5.82 Å². The van der Waals surface area contributed by atoms with Crippen LogP contribution in [0.15, 0.2) is 24.3 Å². The molecule has 1 saturated heterocycles. The van der Waals surface area contributed by atoms with Crippen molar-refractivity contribution in [2.24, 2.45) is 11.1 Å². The van der Waals surface area contributed by atoms with Crippen molar-refractivity contribution in [3.8, 4) is 0 Å². The fraction of sp³-hybridized carbons (Fsp3) is 0.636. The summed E-state index contributed by atoms with van der Waals surface area (Å²) in [6, 6.07) is 8.39. The van der Waals surface area contributed by atoms with Crippen molar-refractivity contribution in [2.45, 2.75) is 70.9 Å². The number of amides is 1. The maximum Gasteiger partial charge on any atom is 0.223 e. The molecule has 1 amide bonds. The summed E-state index contributed by atoms with van der Waals surface area (Å²) in [5.74, 6) is 1.33. The first-order valence-corrected chi connectivity index (χ1v) is 10.6. The highest BCUT2D eigenvalue weighted by atomic mass is 35.5. The molecule has 0 radical (unpaired) electrons. The molecule has 5 nitrogen and oxygen atoms in total. The van der Waals surface area contributed by atoms with Crippen LogP contribution in [0.4, 0.5) is 0 Å². The molecule has 29 heavy (non-hydrogen) atoms. The molecule has 1 saturated carbocycles. The second kappa shape index (κ2) is 10.1. The number of carbonyl (C=O) groups excluding carboxylic acids is 1. The van der Waals surface area contributed by atoms with Crippen molar-refractivity contribution >= 4 is 41.8 Å². The van der Waals surface area contributed by atoms with Gasteiger partial charge < -0.3 is 15.2 Å². The summed E-state index contributed by atoms with van der Waals surface area (Å²) in [6.07, 6.45) is 8.56. The fourth-order valence-electron chi connectivity index (χ4n) is 5.19. The minimum Gasteiger partial charge on any atom is -0.332 e. The standard InChI is InChI=1S/C22H32N4O.2ClH/c1-2-25-18-10-5-4-9-17(18)24-21(25)19-11-8-14-26(19)20(27)15-22(16-23)12-6-3-7-13-22;;/h4-5,9-10,19H,2-3,6-8,11-16,23H2,1H3;2*1H. The van der Waals surface area contributed by atoms with Gasteiger partial charge in [-0.3, -0.25) is 4.79 Å². The zero-order valence-electron chi connectivity index (χ0n) is 17.3. The number of nitrogens with two attached hydrogens (primary N) is 1. The highest BCUT2D eigenvalue weighted by Crippen LogP contribution is 2.41. The van der Waals surface area contributed by atoms with E-state index in [0.29, 0.717) is 13.0 Å². The number of rotatable bonds is 5. The second-order valence-electron chi connectivity index (χ2n) is 8.39. The first-order chi connectivity index (χ1) is 13.2. The van der Waals surface area contributed by atoms with Gasteiger partial charge in [-0.05, 0) is 56.7 Å². The molecule has 0 bridgehead atoms. The molecule has 1 atom stereocenters. The lowest BCUT2D eigenvalue weighted by Gasteiger charge is -2.37. The smallest absolute Gasteiger partial charge is 0.223 e. The second-order valence-corrected chi connectivity index (χ2v) is 8.39. The van der Waals surface area contributed by atoms with Gasteiger partial charge in [0.05, 0.1) is 17.1 Å². The van der Waals surface area contributed by atoms with Crippen LogP contribution in [0.25, 0.3) is 11.0 Å². The van der Waals surface area contributed by atoms with Gasteiger partial charge >= 0.3 is 0 Å². The van der Waals surface area contributed by atoms with E-state index in [-0.39, 0.29) is 42.2 Å². The van der Waals surface area contributed by atoms with Gasteiger partial charge in [0.2, 0.25) is 5.91 Å². The summed E-state index contributed by atoms with van der Waals surface area (Å²) < 4.78 is 2.28. The molecule has 7 heteroatoms. The average molecular weight is 441 g/mol. The van der Waals surface area contributed by atoms with Crippen molar-refractivity contribution in [1.82, 2.24) is 14.5 Å². The quantitative estimate of drug-likeness (QED) is 0.721. The predicted octanol–water partition coefficient (Wildman–Crippen LogP) is 4.86. The Bertz CT molecular complexity index is 816. The molecule has 1 aromatic carbocycles. The van der Waals surface area contributed by atoms with Crippen LogP contribution >= 0.6 is 24.8 Å². The minimum atomic E-state index is 0. The third kappa shape index (κ3) is 4.57. The Morgan fingerprint density at radius 2 is 1.90 bits per heavy atom. The molecule has 2 N–H and O–H groups in total. The lowest BCUT2D eigenvalue weighted by Crippen LogP contribution is -2.40. The number of imidazole rings is 1. The van der Waals surface area contributed by atoms with E-state index in [0.717, 1.165) is 50.1 Å². The molecule has 162 valence electrons. The maximum atomic E-state index is 13.3. The molecule has 4 rings (SSSR count). The molecule has 0 spiro atoms. The number of hydrogen-bond acceptors (Lipinski definition) is 3. The van der Waals surface area contributed by atoms with E-state index in [1.165, 1.54) is 24.8 Å². The molecule has 1 unspecified atom stereocenters. The molecule has 2 aliphatic rings.